The SMILES string of the molecule is CC(C)N1CCC(O)(CC2CO2)CC1. The minimum Gasteiger partial charge on any atom is -0.390 e. The van der Waals surface area contributed by atoms with E-state index in [-0.39, 0.29) is 0 Å². The van der Waals surface area contributed by atoms with E-state index in [1.54, 1.807) is 0 Å². The number of hydrogen-bond donors (Lipinski definition) is 1. The summed E-state index contributed by atoms with van der Waals surface area (Å²) in [4.78, 5) is 2.43. The monoisotopic (exact) mass is 199 g/mol. The van der Waals surface area contributed by atoms with Gasteiger partial charge in [-0.1, -0.05) is 0 Å². The molecule has 0 bridgehead atoms. The van der Waals surface area contributed by atoms with E-state index in [2.05, 4.69) is 18.7 Å². The Morgan fingerprint density at radius 2 is 2.00 bits per heavy atom. The maximum absolute atomic E-state index is 10.3. The minimum atomic E-state index is -0.438. The molecule has 0 aromatic carbocycles. The van der Waals surface area contributed by atoms with Gasteiger partial charge in [0.05, 0.1) is 18.3 Å². The van der Waals surface area contributed by atoms with Crippen molar-refractivity contribution < 1.29 is 9.84 Å². The lowest BCUT2D eigenvalue weighted by Crippen LogP contribution is -2.47. The van der Waals surface area contributed by atoms with Crippen molar-refractivity contribution in [3.05, 3.63) is 0 Å². The van der Waals surface area contributed by atoms with Crippen molar-refractivity contribution in [1.82, 2.24) is 4.90 Å². The zero-order chi connectivity index (χ0) is 10.2. The van der Waals surface area contributed by atoms with Gasteiger partial charge >= 0.3 is 0 Å². The van der Waals surface area contributed by atoms with E-state index in [9.17, 15) is 5.11 Å². The molecule has 0 amide bonds. The normalized spacial score (nSPS) is 32.1. The largest absolute Gasteiger partial charge is 0.390 e. The van der Waals surface area contributed by atoms with Crippen LogP contribution in [-0.4, -0.2) is 47.4 Å². The fraction of sp³-hybridized carbons (Fsp3) is 1.00. The van der Waals surface area contributed by atoms with E-state index in [4.69, 9.17) is 4.74 Å². The second kappa shape index (κ2) is 3.80. The highest BCUT2D eigenvalue weighted by Crippen LogP contribution is 2.31. The summed E-state index contributed by atoms with van der Waals surface area (Å²) in [5.41, 5.74) is -0.438. The predicted molar refractivity (Wildman–Crippen MR) is 55.2 cm³/mol. The smallest absolute Gasteiger partial charge is 0.0837 e. The van der Waals surface area contributed by atoms with Crippen LogP contribution in [0.1, 0.15) is 33.1 Å². The molecule has 2 heterocycles. The third kappa shape index (κ3) is 2.47. The first-order valence-corrected chi connectivity index (χ1v) is 5.67. The van der Waals surface area contributed by atoms with Crippen LogP contribution in [0.15, 0.2) is 0 Å². The Kier molecular flexibility index (Phi) is 2.82. The maximum atomic E-state index is 10.3. The number of ether oxygens (including phenoxy) is 1. The van der Waals surface area contributed by atoms with Gasteiger partial charge in [0.25, 0.3) is 0 Å². The van der Waals surface area contributed by atoms with Gasteiger partial charge in [0, 0.05) is 25.6 Å². The molecule has 3 nitrogen and oxygen atoms in total. The summed E-state index contributed by atoms with van der Waals surface area (Å²) < 4.78 is 5.18. The fourth-order valence-corrected chi connectivity index (χ4v) is 2.27. The van der Waals surface area contributed by atoms with Gasteiger partial charge in [0.1, 0.15) is 0 Å². The van der Waals surface area contributed by atoms with Crippen LogP contribution in [-0.2, 0) is 4.74 Å². The van der Waals surface area contributed by atoms with E-state index in [0.717, 1.165) is 39.0 Å². The minimum absolute atomic E-state index is 0.352. The molecule has 1 unspecified atom stereocenters. The third-order valence-corrected chi connectivity index (χ3v) is 3.47. The van der Waals surface area contributed by atoms with Gasteiger partial charge in [0.2, 0.25) is 0 Å². The molecule has 0 radical (unpaired) electrons. The Morgan fingerprint density at radius 3 is 2.43 bits per heavy atom. The number of rotatable bonds is 3. The second-order valence-electron chi connectivity index (χ2n) is 5.01. The number of piperidine rings is 1. The summed E-state index contributed by atoms with van der Waals surface area (Å²) in [6.07, 6.45) is 3.01. The predicted octanol–water partition coefficient (Wildman–Crippen LogP) is 1.01. The summed E-state index contributed by atoms with van der Waals surface area (Å²) in [7, 11) is 0. The summed E-state index contributed by atoms with van der Waals surface area (Å²) in [5, 5.41) is 10.3. The van der Waals surface area contributed by atoms with Crippen LogP contribution < -0.4 is 0 Å². The van der Waals surface area contributed by atoms with Crippen LogP contribution in [0.3, 0.4) is 0 Å². The van der Waals surface area contributed by atoms with Crippen LogP contribution in [0.4, 0.5) is 0 Å². The van der Waals surface area contributed by atoms with Crippen LogP contribution in [0.5, 0.6) is 0 Å². The molecule has 2 fully saturated rings. The lowest BCUT2D eigenvalue weighted by atomic mass is 9.86. The molecular formula is C11H21NO2. The summed E-state index contributed by atoms with van der Waals surface area (Å²) in [5.74, 6) is 0. The van der Waals surface area contributed by atoms with Crippen molar-refractivity contribution in [1.29, 1.82) is 0 Å². The number of likely N-dealkylation sites (tertiary alicyclic amines) is 1. The van der Waals surface area contributed by atoms with E-state index < -0.39 is 5.60 Å². The molecule has 0 aromatic heterocycles. The Hall–Kier alpha value is -0.120. The van der Waals surface area contributed by atoms with Gasteiger partial charge in [-0.25, -0.2) is 0 Å². The summed E-state index contributed by atoms with van der Waals surface area (Å²) in [6.45, 7) is 7.35. The second-order valence-corrected chi connectivity index (χ2v) is 5.01. The molecule has 0 saturated carbocycles. The molecule has 82 valence electrons. The molecule has 1 N–H and O–H groups in total. The van der Waals surface area contributed by atoms with Crippen molar-refractivity contribution >= 4 is 0 Å². The Bertz CT molecular complexity index is 193. The maximum Gasteiger partial charge on any atom is 0.0837 e. The molecule has 2 aliphatic rings. The highest BCUT2D eigenvalue weighted by Gasteiger charge is 2.38. The molecule has 14 heavy (non-hydrogen) atoms. The summed E-state index contributed by atoms with van der Waals surface area (Å²) in [6, 6.07) is 0.608. The molecule has 2 rings (SSSR count). The number of aliphatic hydroxyl groups is 1. The van der Waals surface area contributed by atoms with Gasteiger partial charge in [-0.15, -0.1) is 0 Å². The van der Waals surface area contributed by atoms with Gasteiger partial charge in [-0.2, -0.15) is 0 Å². The Balaban J connectivity index is 1.81. The van der Waals surface area contributed by atoms with Crippen LogP contribution in [0, 0.1) is 0 Å². The molecular weight excluding hydrogens is 178 g/mol. The van der Waals surface area contributed by atoms with Crippen LogP contribution >= 0.6 is 0 Å². The van der Waals surface area contributed by atoms with Crippen molar-refractivity contribution in [2.75, 3.05) is 19.7 Å². The zero-order valence-corrected chi connectivity index (χ0v) is 9.20. The molecule has 0 aromatic rings. The lowest BCUT2D eigenvalue weighted by Gasteiger charge is -2.39. The lowest BCUT2D eigenvalue weighted by molar-refractivity contribution is -0.0380. The Morgan fingerprint density at radius 1 is 1.43 bits per heavy atom. The average Bonchev–Trinajstić information content (AvgIpc) is 2.88. The van der Waals surface area contributed by atoms with Crippen LogP contribution in [0.2, 0.25) is 0 Å². The first-order chi connectivity index (χ1) is 6.59. The summed E-state index contributed by atoms with van der Waals surface area (Å²) >= 11 is 0. The fourth-order valence-electron chi connectivity index (χ4n) is 2.27. The van der Waals surface area contributed by atoms with Gasteiger partial charge in [-0.3, -0.25) is 0 Å². The quantitative estimate of drug-likeness (QED) is 0.689. The number of hydrogen-bond acceptors (Lipinski definition) is 3. The first kappa shape index (κ1) is 10.4. The standard InChI is InChI=1S/C11H21NO2/c1-9(2)12-5-3-11(13,4-6-12)7-10-8-14-10/h9-10,13H,3-8H2,1-2H3. The van der Waals surface area contributed by atoms with Crippen molar-refractivity contribution in [2.24, 2.45) is 0 Å². The molecule has 3 heteroatoms. The molecule has 0 spiro atoms. The zero-order valence-electron chi connectivity index (χ0n) is 9.20. The molecule has 2 saturated heterocycles. The van der Waals surface area contributed by atoms with Gasteiger partial charge in [0.15, 0.2) is 0 Å². The van der Waals surface area contributed by atoms with E-state index in [1.807, 2.05) is 0 Å². The number of epoxide rings is 1. The molecule has 0 aliphatic carbocycles. The van der Waals surface area contributed by atoms with E-state index in [0.29, 0.717) is 12.1 Å². The molecule has 2 aliphatic heterocycles. The average molecular weight is 199 g/mol. The third-order valence-electron chi connectivity index (χ3n) is 3.47. The van der Waals surface area contributed by atoms with Crippen molar-refractivity contribution in [2.45, 2.75) is 50.9 Å². The Labute approximate surface area is 86.0 Å². The van der Waals surface area contributed by atoms with Crippen LogP contribution in [0.25, 0.3) is 0 Å². The highest BCUT2D eigenvalue weighted by atomic mass is 16.6. The van der Waals surface area contributed by atoms with Gasteiger partial charge < -0.3 is 14.7 Å². The van der Waals surface area contributed by atoms with Crippen molar-refractivity contribution in [3.63, 3.8) is 0 Å². The highest BCUT2D eigenvalue weighted by molar-refractivity contribution is 4.91. The number of nitrogens with zero attached hydrogens (tertiary/aromatic N) is 1. The topological polar surface area (TPSA) is 36.0 Å². The molecule has 1 atom stereocenters. The van der Waals surface area contributed by atoms with E-state index >= 15 is 0 Å². The first-order valence-electron chi connectivity index (χ1n) is 5.67. The van der Waals surface area contributed by atoms with E-state index in [1.165, 1.54) is 0 Å². The van der Waals surface area contributed by atoms with Crippen molar-refractivity contribution in [3.8, 4) is 0 Å². The van der Waals surface area contributed by atoms with Gasteiger partial charge in [-0.05, 0) is 26.7 Å².